The SMILES string of the molecule is CC1CCCC(C)N1C(=O)NCC1(CO)CC1. The van der Waals surface area contributed by atoms with Gasteiger partial charge in [-0.2, -0.15) is 0 Å². The molecule has 2 rings (SSSR count). The number of hydrogen-bond acceptors (Lipinski definition) is 2. The summed E-state index contributed by atoms with van der Waals surface area (Å²) >= 11 is 0. The Hall–Kier alpha value is -0.770. The van der Waals surface area contributed by atoms with Crippen LogP contribution in [0.5, 0.6) is 0 Å². The Kier molecular flexibility index (Phi) is 3.61. The van der Waals surface area contributed by atoms with Crippen molar-refractivity contribution in [1.82, 2.24) is 10.2 Å². The van der Waals surface area contributed by atoms with E-state index in [0.717, 1.165) is 25.7 Å². The summed E-state index contributed by atoms with van der Waals surface area (Å²) in [7, 11) is 0. The number of amides is 2. The van der Waals surface area contributed by atoms with Crippen molar-refractivity contribution in [1.29, 1.82) is 0 Å². The van der Waals surface area contributed by atoms with Crippen LogP contribution in [0.25, 0.3) is 0 Å². The quantitative estimate of drug-likeness (QED) is 0.789. The third kappa shape index (κ3) is 2.73. The van der Waals surface area contributed by atoms with Crippen LogP contribution >= 0.6 is 0 Å². The highest BCUT2D eigenvalue weighted by Gasteiger charge is 2.42. The Bertz CT molecular complexity index is 279. The Morgan fingerprint density at radius 3 is 2.41 bits per heavy atom. The van der Waals surface area contributed by atoms with Crippen molar-refractivity contribution in [2.24, 2.45) is 5.41 Å². The number of aliphatic hydroxyl groups excluding tert-OH is 1. The van der Waals surface area contributed by atoms with Crippen LogP contribution in [-0.4, -0.2) is 41.3 Å². The minimum atomic E-state index is -0.00206. The van der Waals surface area contributed by atoms with Crippen LogP contribution in [0.15, 0.2) is 0 Å². The lowest BCUT2D eigenvalue weighted by molar-refractivity contribution is 0.119. The summed E-state index contributed by atoms with van der Waals surface area (Å²) in [4.78, 5) is 14.1. The van der Waals surface area contributed by atoms with E-state index in [2.05, 4.69) is 19.2 Å². The number of piperidine rings is 1. The second-order valence-corrected chi connectivity index (χ2v) is 5.85. The molecule has 98 valence electrons. The molecule has 2 atom stereocenters. The molecule has 0 aromatic carbocycles. The average Bonchev–Trinajstić information content (AvgIpc) is 3.07. The summed E-state index contributed by atoms with van der Waals surface area (Å²) in [5.74, 6) is 0. The topological polar surface area (TPSA) is 52.6 Å². The molecule has 1 saturated carbocycles. The van der Waals surface area contributed by atoms with Crippen molar-refractivity contribution >= 4 is 6.03 Å². The number of urea groups is 1. The number of nitrogens with one attached hydrogen (secondary N) is 1. The highest BCUT2D eigenvalue weighted by atomic mass is 16.3. The van der Waals surface area contributed by atoms with Crippen LogP contribution in [0.1, 0.15) is 46.0 Å². The van der Waals surface area contributed by atoms with Crippen molar-refractivity contribution < 1.29 is 9.90 Å². The molecule has 1 aliphatic carbocycles. The average molecular weight is 240 g/mol. The van der Waals surface area contributed by atoms with Gasteiger partial charge in [-0.15, -0.1) is 0 Å². The molecule has 2 aliphatic rings. The molecule has 0 radical (unpaired) electrons. The van der Waals surface area contributed by atoms with E-state index in [1.54, 1.807) is 0 Å². The van der Waals surface area contributed by atoms with Gasteiger partial charge in [0, 0.05) is 24.0 Å². The molecule has 1 aliphatic heterocycles. The van der Waals surface area contributed by atoms with Gasteiger partial charge in [-0.3, -0.25) is 0 Å². The van der Waals surface area contributed by atoms with Crippen molar-refractivity contribution in [2.45, 2.75) is 58.0 Å². The second-order valence-electron chi connectivity index (χ2n) is 5.85. The number of carbonyl (C=O) groups is 1. The standard InChI is InChI=1S/C13H24N2O2/c1-10-4-3-5-11(2)15(10)12(17)14-8-13(9-16)6-7-13/h10-11,16H,3-9H2,1-2H3,(H,14,17). The normalized spacial score (nSPS) is 31.1. The lowest BCUT2D eigenvalue weighted by Gasteiger charge is -2.39. The number of likely N-dealkylation sites (tertiary alicyclic amines) is 1. The van der Waals surface area contributed by atoms with Crippen LogP contribution in [0.3, 0.4) is 0 Å². The predicted octanol–water partition coefficient (Wildman–Crippen LogP) is 1.73. The zero-order chi connectivity index (χ0) is 12.5. The minimum absolute atomic E-state index is 0.00206. The van der Waals surface area contributed by atoms with Gasteiger partial charge in [0.25, 0.3) is 0 Å². The van der Waals surface area contributed by atoms with Gasteiger partial charge < -0.3 is 15.3 Å². The molecule has 2 amide bonds. The Morgan fingerprint density at radius 1 is 1.35 bits per heavy atom. The van der Waals surface area contributed by atoms with E-state index in [1.807, 2.05) is 4.90 Å². The first-order chi connectivity index (χ1) is 8.08. The third-order valence-corrected chi connectivity index (χ3v) is 4.34. The summed E-state index contributed by atoms with van der Waals surface area (Å²) in [6.45, 7) is 5.05. The van der Waals surface area contributed by atoms with Gasteiger partial charge >= 0.3 is 6.03 Å². The van der Waals surface area contributed by atoms with Crippen LogP contribution in [0.4, 0.5) is 4.79 Å². The fraction of sp³-hybridized carbons (Fsp3) is 0.923. The first kappa shape index (κ1) is 12.7. The molecule has 2 unspecified atom stereocenters. The minimum Gasteiger partial charge on any atom is -0.396 e. The highest BCUT2D eigenvalue weighted by Crippen LogP contribution is 2.44. The molecular weight excluding hydrogens is 216 g/mol. The van der Waals surface area contributed by atoms with E-state index < -0.39 is 0 Å². The molecule has 17 heavy (non-hydrogen) atoms. The predicted molar refractivity (Wildman–Crippen MR) is 66.8 cm³/mol. The maximum atomic E-state index is 12.1. The summed E-state index contributed by atoms with van der Waals surface area (Å²) in [5.41, 5.74) is -0.00206. The van der Waals surface area contributed by atoms with E-state index in [0.29, 0.717) is 18.6 Å². The third-order valence-electron chi connectivity index (χ3n) is 4.34. The van der Waals surface area contributed by atoms with Gasteiger partial charge in [-0.25, -0.2) is 4.79 Å². The number of hydrogen-bond donors (Lipinski definition) is 2. The van der Waals surface area contributed by atoms with Crippen LogP contribution < -0.4 is 5.32 Å². The van der Waals surface area contributed by atoms with Crippen molar-refractivity contribution in [3.8, 4) is 0 Å². The first-order valence-electron chi connectivity index (χ1n) is 6.75. The molecule has 4 heteroatoms. The fourth-order valence-corrected chi connectivity index (χ4v) is 2.74. The smallest absolute Gasteiger partial charge is 0.317 e. The molecule has 0 aromatic rings. The first-order valence-corrected chi connectivity index (χ1v) is 6.75. The Balaban J connectivity index is 1.85. The van der Waals surface area contributed by atoms with Crippen LogP contribution in [0.2, 0.25) is 0 Å². The Morgan fingerprint density at radius 2 is 1.94 bits per heavy atom. The van der Waals surface area contributed by atoms with Gasteiger partial charge in [0.1, 0.15) is 0 Å². The maximum Gasteiger partial charge on any atom is 0.317 e. The van der Waals surface area contributed by atoms with Gasteiger partial charge in [0.2, 0.25) is 0 Å². The summed E-state index contributed by atoms with van der Waals surface area (Å²) < 4.78 is 0. The van der Waals surface area contributed by atoms with E-state index in [4.69, 9.17) is 0 Å². The fourth-order valence-electron chi connectivity index (χ4n) is 2.74. The summed E-state index contributed by atoms with van der Waals surface area (Å²) in [6.07, 6.45) is 5.49. The lowest BCUT2D eigenvalue weighted by Crippen LogP contribution is -2.52. The molecule has 0 aromatic heterocycles. The number of rotatable bonds is 3. The van der Waals surface area contributed by atoms with Crippen LogP contribution in [-0.2, 0) is 0 Å². The van der Waals surface area contributed by atoms with Crippen molar-refractivity contribution in [3.63, 3.8) is 0 Å². The van der Waals surface area contributed by atoms with Crippen molar-refractivity contribution in [2.75, 3.05) is 13.2 Å². The molecule has 4 nitrogen and oxygen atoms in total. The zero-order valence-electron chi connectivity index (χ0n) is 10.9. The second kappa shape index (κ2) is 4.84. The molecule has 1 saturated heterocycles. The Labute approximate surface area is 103 Å². The molecule has 0 bridgehead atoms. The maximum absolute atomic E-state index is 12.1. The van der Waals surface area contributed by atoms with Gasteiger partial charge in [-0.1, -0.05) is 0 Å². The van der Waals surface area contributed by atoms with E-state index >= 15 is 0 Å². The van der Waals surface area contributed by atoms with Gasteiger partial charge in [-0.05, 0) is 46.0 Å². The van der Waals surface area contributed by atoms with Gasteiger partial charge in [0.05, 0.1) is 6.61 Å². The van der Waals surface area contributed by atoms with Crippen molar-refractivity contribution in [3.05, 3.63) is 0 Å². The van der Waals surface area contributed by atoms with E-state index in [9.17, 15) is 9.90 Å². The van der Waals surface area contributed by atoms with Gasteiger partial charge in [0.15, 0.2) is 0 Å². The largest absolute Gasteiger partial charge is 0.396 e. The monoisotopic (exact) mass is 240 g/mol. The molecule has 2 N–H and O–H groups in total. The number of nitrogens with zero attached hydrogens (tertiary/aromatic N) is 1. The summed E-state index contributed by atoms with van der Waals surface area (Å²) in [6, 6.07) is 0.718. The highest BCUT2D eigenvalue weighted by molar-refractivity contribution is 5.75. The van der Waals surface area contributed by atoms with E-state index in [1.165, 1.54) is 6.42 Å². The molecule has 2 fully saturated rings. The number of aliphatic hydroxyl groups is 1. The zero-order valence-corrected chi connectivity index (χ0v) is 10.9. The molecule has 0 spiro atoms. The number of carbonyl (C=O) groups excluding carboxylic acids is 1. The van der Waals surface area contributed by atoms with E-state index in [-0.39, 0.29) is 18.1 Å². The molecular formula is C13H24N2O2. The molecule has 1 heterocycles. The lowest BCUT2D eigenvalue weighted by atomic mass is 9.98. The summed E-state index contributed by atoms with van der Waals surface area (Å²) in [5, 5.41) is 12.2. The van der Waals surface area contributed by atoms with Crippen LogP contribution in [0, 0.1) is 5.41 Å².